The van der Waals surface area contributed by atoms with Gasteiger partial charge in [0.25, 0.3) is 5.56 Å². The molecule has 8 heteroatoms. The van der Waals surface area contributed by atoms with Crippen LogP contribution in [0.2, 0.25) is 0 Å². The highest BCUT2D eigenvalue weighted by Crippen LogP contribution is 2.44. The molecule has 2 aromatic rings. The van der Waals surface area contributed by atoms with E-state index in [0.717, 1.165) is 32.1 Å². The summed E-state index contributed by atoms with van der Waals surface area (Å²) in [6.07, 6.45) is 4.71. The number of halogens is 1. The molecule has 2 saturated carbocycles. The molecule has 132 valence electrons. The number of hydrogen-bond acceptors (Lipinski definition) is 5. The highest BCUT2D eigenvalue weighted by Gasteiger charge is 2.48. The Hall–Kier alpha value is -2.22. The largest absolute Gasteiger partial charge is 0.354 e. The van der Waals surface area contributed by atoms with Crippen LogP contribution in [0.5, 0.6) is 0 Å². The van der Waals surface area contributed by atoms with Crippen molar-refractivity contribution >= 4 is 16.9 Å². The quantitative estimate of drug-likeness (QED) is 0.861. The minimum atomic E-state index is -0.590. The van der Waals surface area contributed by atoms with Gasteiger partial charge < -0.3 is 10.6 Å². The van der Waals surface area contributed by atoms with E-state index in [-0.39, 0.29) is 28.4 Å². The molecule has 25 heavy (non-hydrogen) atoms. The number of hydrogen-bond donors (Lipinski definition) is 2. The van der Waals surface area contributed by atoms with Crippen LogP contribution >= 0.6 is 0 Å². The maximum Gasteiger partial charge on any atom is 0.330 e. The van der Waals surface area contributed by atoms with Crippen LogP contribution in [-0.2, 0) is 0 Å². The predicted molar refractivity (Wildman–Crippen MR) is 91.3 cm³/mol. The van der Waals surface area contributed by atoms with Crippen molar-refractivity contribution in [1.29, 1.82) is 0 Å². The number of rotatable bonds is 3. The predicted octanol–water partition coefficient (Wildman–Crippen LogP) is 0.876. The summed E-state index contributed by atoms with van der Waals surface area (Å²) in [6, 6.07) is 1.25. The van der Waals surface area contributed by atoms with Crippen molar-refractivity contribution in [1.82, 2.24) is 14.5 Å². The zero-order valence-electron chi connectivity index (χ0n) is 13.8. The van der Waals surface area contributed by atoms with Gasteiger partial charge in [-0.05, 0) is 44.1 Å². The number of nitrogens with two attached hydrogens (primary N) is 1. The van der Waals surface area contributed by atoms with Crippen LogP contribution in [-0.4, -0.2) is 33.2 Å². The van der Waals surface area contributed by atoms with Crippen molar-refractivity contribution in [3.8, 4) is 0 Å². The number of fused-ring (bicyclic) bond motifs is 1. The molecule has 5 rings (SSSR count). The molecule has 1 atom stereocenters. The fourth-order valence-electron chi connectivity index (χ4n) is 4.01. The third-order valence-corrected chi connectivity index (χ3v) is 5.89. The minimum Gasteiger partial charge on any atom is -0.354 e. The van der Waals surface area contributed by atoms with Crippen LogP contribution in [0.25, 0.3) is 11.0 Å². The molecule has 7 nitrogen and oxygen atoms in total. The summed E-state index contributed by atoms with van der Waals surface area (Å²) < 4.78 is 16.2. The lowest BCUT2D eigenvalue weighted by atomic mass is 9.98. The van der Waals surface area contributed by atoms with Crippen LogP contribution < -0.4 is 21.9 Å². The van der Waals surface area contributed by atoms with Crippen LogP contribution in [0.1, 0.15) is 38.1 Å². The van der Waals surface area contributed by atoms with E-state index < -0.39 is 17.1 Å². The van der Waals surface area contributed by atoms with E-state index in [1.807, 2.05) is 4.90 Å². The normalized spacial score (nSPS) is 24.9. The van der Waals surface area contributed by atoms with Crippen LogP contribution in [0, 0.1) is 11.7 Å². The average molecular weight is 345 g/mol. The lowest BCUT2D eigenvalue weighted by molar-refractivity contribution is 0.442. The van der Waals surface area contributed by atoms with E-state index in [2.05, 4.69) is 9.97 Å². The average Bonchev–Trinajstić information content (AvgIpc) is 3.48. The molecular formula is C17H20FN5O2. The SMILES string of the molecule is NC1(C2CCN(c3nc4c(cc3F)c(=O)[nH]c(=O)n4C3CC3)C2)CC1. The maximum atomic E-state index is 14.7. The molecule has 0 spiro atoms. The molecule has 3 N–H and O–H groups in total. The van der Waals surface area contributed by atoms with Gasteiger partial charge in [-0.3, -0.25) is 14.3 Å². The number of nitrogens with one attached hydrogen (secondary N) is 1. The van der Waals surface area contributed by atoms with E-state index in [1.54, 1.807) is 0 Å². The van der Waals surface area contributed by atoms with Crippen molar-refractivity contribution in [2.45, 2.75) is 43.7 Å². The van der Waals surface area contributed by atoms with Gasteiger partial charge >= 0.3 is 5.69 Å². The summed E-state index contributed by atoms with van der Waals surface area (Å²) in [4.78, 5) is 32.9. The monoisotopic (exact) mass is 345 g/mol. The summed E-state index contributed by atoms with van der Waals surface area (Å²) in [5, 5.41) is 0.126. The zero-order chi connectivity index (χ0) is 17.3. The third-order valence-electron chi connectivity index (χ3n) is 5.89. The molecule has 0 radical (unpaired) electrons. The van der Waals surface area contributed by atoms with Gasteiger partial charge in [0.15, 0.2) is 17.3 Å². The second-order valence-corrected chi connectivity index (χ2v) is 7.69. The highest BCUT2D eigenvalue weighted by atomic mass is 19.1. The summed E-state index contributed by atoms with van der Waals surface area (Å²) in [6.45, 7) is 1.36. The van der Waals surface area contributed by atoms with Gasteiger partial charge in [-0.1, -0.05) is 0 Å². The smallest absolute Gasteiger partial charge is 0.330 e. The fraction of sp³-hybridized carbons (Fsp3) is 0.588. The van der Waals surface area contributed by atoms with Gasteiger partial charge in [-0.15, -0.1) is 0 Å². The Morgan fingerprint density at radius 3 is 2.72 bits per heavy atom. The summed E-state index contributed by atoms with van der Waals surface area (Å²) in [7, 11) is 0. The first-order valence-electron chi connectivity index (χ1n) is 8.85. The Bertz CT molecular complexity index is 989. The molecular weight excluding hydrogens is 325 g/mol. The lowest BCUT2D eigenvalue weighted by Gasteiger charge is -2.21. The molecule has 0 bridgehead atoms. The Kier molecular flexibility index (Phi) is 2.96. The Morgan fingerprint density at radius 2 is 2.04 bits per heavy atom. The molecule has 2 aromatic heterocycles. The van der Waals surface area contributed by atoms with E-state index in [4.69, 9.17) is 5.73 Å². The van der Waals surface area contributed by atoms with Crippen molar-refractivity contribution in [2.24, 2.45) is 11.7 Å². The Morgan fingerprint density at radius 1 is 1.28 bits per heavy atom. The number of aromatic nitrogens is 3. The molecule has 1 unspecified atom stereocenters. The Balaban J connectivity index is 1.62. The fourth-order valence-corrected chi connectivity index (χ4v) is 4.01. The van der Waals surface area contributed by atoms with Crippen molar-refractivity contribution < 1.29 is 4.39 Å². The molecule has 3 aliphatic rings. The number of H-pyrrole nitrogens is 1. The van der Waals surface area contributed by atoms with E-state index in [9.17, 15) is 14.0 Å². The standard InChI is InChI=1S/C17H20FN5O2/c18-12-7-11-13(23(10-1-2-10)16(25)21-15(11)24)20-14(12)22-6-3-9(8-22)17(19)4-5-17/h7,9-10H,1-6,8,19H2,(H,21,24,25). The zero-order valence-corrected chi connectivity index (χ0v) is 13.8. The van der Waals surface area contributed by atoms with Crippen LogP contribution in [0.3, 0.4) is 0 Å². The summed E-state index contributed by atoms with van der Waals surface area (Å²) >= 11 is 0. The minimum absolute atomic E-state index is 0.0442. The van der Waals surface area contributed by atoms with Gasteiger partial charge in [-0.2, -0.15) is 0 Å². The third kappa shape index (κ3) is 2.31. The molecule has 0 amide bonds. The first-order chi connectivity index (χ1) is 12.0. The number of anilines is 1. The van der Waals surface area contributed by atoms with Crippen LogP contribution in [0.4, 0.5) is 10.2 Å². The van der Waals surface area contributed by atoms with Crippen molar-refractivity contribution in [2.75, 3.05) is 18.0 Å². The topological polar surface area (TPSA) is 97.0 Å². The maximum absolute atomic E-state index is 14.7. The first kappa shape index (κ1) is 15.1. The van der Waals surface area contributed by atoms with Gasteiger partial charge in [0.1, 0.15) is 0 Å². The summed E-state index contributed by atoms with van der Waals surface area (Å²) in [5.74, 6) is 0.0364. The van der Waals surface area contributed by atoms with E-state index >= 15 is 0 Å². The molecule has 0 aromatic carbocycles. The lowest BCUT2D eigenvalue weighted by Crippen LogP contribution is -2.35. The number of nitrogens with zero attached hydrogens (tertiary/aromatic N) is 3. The van der Waals surface area contributed by atoms with Gasteiger partial charge in [-0.25, -0.2) is 14.2 Å². The van der Waals surface area contributed by atoms with Gasteiger partial charge in [0.2, 0.25) is 0 Å². The second kappa shape index (κ2) is 4.91. The second-order valence-electron chi connectivity index (χ2n) is 7.69. The molecule has 3 fully saturated rings. The number of aromatic amines is 1. The molecule has 1 saturated heterocycles. The van der Waals surface area contributed by atoms with E-state index in [1.165, 1.54) is 10.6 Å². The molecule has 3 heterocycles. The van der Waals surface area contributed by atoms with E-state index in [0.29, 0.717) is 19.0 Å². The van der Waals surface area contributed by atoms with Gasteiger partial charge in [0.05, 0.1) is 5.39 Å². The summed E-state index contributed by atoms with van der Waals surface area (Å²) in [5.41, 5.74) is 5.42. The molecule has 1 aliphatic heterocycles. The molecule has 2 aliphatic carbocycles. The Labute approximate surface area is 142 Å². The van der Waals surface area contributed by atoms with Crippen molar-refractivity contribution in [3.63, 3.8) is 0 Å². The first-order valence-corrected chi connectivity index (χ1v) is 8.85. The highest BCUT2D eigenvalue weighted by molar-refractivity contribution is 5.76. The van der Waals surface area contributed by atoms with Gasteiger partial charge in [0, 0.05) is 24.7 Å². The van der Waals surface area contributed by atoms with Crippen LogP contribution in [0.15, 0.2) is 15.7 Å². The van der Waals surface area contributed by atoms with Crippen molar-refractivity contribution in [3.05, 3.63) is 32.7 Å². The number of pyridine rings is 1.